The highest BCUT2D eigenvalue weighted by Crippen LogP contribution is 2.54. The highest BCUT2D eigenvalue weighted by atomic mass is 14.4. The van der Waals surface area contributed by atoms with Crippen molar-refractivity contribution >= 4 is 86.2 Å². The third-order valence-electron chi connectivity index (χ3n) is 22.0. The van der Waals surface area contributed by atoms with Crippen LogP contribution in [0.15, 0.2) is 340 Å². The molecule has 0 atom stereocenters. The fourth-order valence-corrected chi connectivity index (χ4v) is 17.0. The van der Waals surface area contributed by atoms with E-state index in [-0.39, 0.29) is 10.8 Å². The standard InChI is InChI=1S/C53H36.C45H32/c1-53(2)50-27-25-40(31-49(50)47-26-24-34-11-4-6-15-44(34)52(47)53)36-13-9-12-35(28-36)37-19-20-39-30-41(22-21-38(39)29-37)48-32-42-23-18-33-10-3-5-14-43(33)51(42)46-17-8-7-16-45(46)48;1-45(2)43-28-39(21-22-41(43)42-23-20-30-9-5-6-13-40(30)44(42)45)33-12-7-11-32(25-33)34-16-17-38-27-37(19-18-36(38)26-34)35-15-14-29-8-3-4-10-31(29)24-35/h3-32H,1-2H3;3-28H,1-2H3. The molecule has 0 spiro atoms. The van der Waals surface area contributed by atoms with Gasteiger partial charge in [0.2, 0.25) is 0 Å². The van der Waals surface area contributed by atoms with Crippen LogP contribution in [0.4, 0.5) is 0 Å². The van der Waals surface area contributed by atoms with Crippen molar-refractivity contribution < 1.29 is 0 Å². The lowest BCUT2D eigenvalue weighted by molar-refractivity contribution is 0.666. The largest absolute Gasteiger partial charge is 0.0616 e. The Morgan fingerprint density at radius 1 is 0.163 bits per heavy atom. The van der Waals surface area contributed by atoms with Crippen molar-refractivity contribution in [3.63, 3.8) is 0 Å². The molecule has 0 unspecified atom stereocenters. The van der Waals surface area contributed by atoms with Crippen molar-refractivity contribution in [3.05, 3.63) is 362 Å². The van der Waals surface area contributed by atoms with Crippen molar-refractivity contribution in [2.24, 2.45) is 0 Å². The molecular formula is C98H68. The minimum absolute atomic E-state index is 0.0485. The van der Waals surface area contributed by atoms with Crippen LogP contribution >= 0.6 is 0 Å². The zero-order valence-corrected chi connectivity index (χ0v) is 55.3. The lowest BCUT2D eigenvalue weighted by Gasteiger charge is -2.23. The van der Waals surface area contributed by atoms with Crippen molar-refractivity contribution in [3.8, 4) is 89.0 Å². The maximum absolute atomic E-state index is 2.43. The highest BCUT2D eigenvalue weighted by Gasteiger charge is 2.38. The van der Waals surface area contributed by atoms with Crippen molar-refractivity contribution in [1.82, 2.24) is 0 Å². The molecule has 98 heavy (non-hydrogen) atoms. The molecular weight excluding hydrogens is 1180 g/mol. The van der Waals surface area contributed by atoms with Crippen LogP contribution in [0.3, 0.4) is 0 Å². The summed E-state index contributed by atoms with van der Waals surface area (Å²) in [6.45, 7) is 9.51. The van der Waals surface area contributed by atoms with E-state index in [9.17, 15) is 0 Å². The quantitative estimate of drug-likeness (QED) is 0.146. The molecule has 0 aliphatic heterocycles. The number of rotatable bonds is 6. The zero-order chi connectivity index (χ0) is 65.4. The molecule has 0 N–H and O–H groups in total. The minimum atomic E-state index is -0.0663. The van der Waals surface area contributed by atoms with E-state index in [1.165, 1.54) is 197 Å². The van der Waals surface area contributed by atoms with Crippen LogP contribution < -0.4 is 0 Å². The maximum atomic E-state index is 2.43. The van der Waals surface area contributed by atoms with Gasteiger partial charge in [0, 0.05) is 10.8 Å². The fraction of sp³-hybridized carbons (Fsp3) is 0.0612. The Kier molecular flexibility index (Phi) is 13.1. The molecule has 460 valence electrons. The van der Waals surface area contributed by atoms with E-state index in [1.54, 1.807) is 0 Å². The fourth-order valence-electron chi connectivity index (χ4n) is 17.0. The molecule has 18 aromatic rings. The van der Waals surface area contributed by atoms with Crippen LogP contribution in [0, 0.1) is 0 Å². The number of fused-ring (bicyclic) bond motifs is 18. The summed E-state index contributed by atoms with van der Waals surface area (Å²) in [5, 5.41) is 20.7. The topological polar surface area (TPSA) is 0 Å². The first-order chi connectivity index (χ1) is 48.0. The lowest BCUT2D eigenvalue weighted by Crippen LogP contribution is -2.15. The highest BCUT2D eigenvalue weighted by molar-refractivity contribution is 6.23. The van der Waals surface area contributed by atoms with Crippen molar-refractivity contribution in [2.75, 3.05) is 0 Å². The Bertz CT molecular complexity index is 6370. The first-order valence-electron chi connectivity index (χ1n) is 34.5. The summed E-state index contributed by atoms with van der Waals surface area (Å²) in [6, 6.07) is 126. The summed E-state index contributed by atoms with van der Waals surface area (Å²) in [4.78, 5) is 0. The molecule has 0 aromatic heterocycles. The van der Waals surface area contributed by atoms with E-state index in [0.29, 0.717) is 0 Å². The van der Waals surface area contributed by atoms with Gasteiger partial charge in [0.15, 0.2) is 0 Å². The van der Waals surface area contributed by atoms with Gasteiger partial charge in [-0.1, -0.05) is 307 Å². The van der Waals surface area contributed by atoms with E-state index >= 15 is 0 Å². The summed E-state index contributed by atoms with van der Waals surface area (Å²) in [5.41, 5.74) is 26.0. The van der Waals surface area contributed by atoms with Gasteiger partial charge in [-0.05, 0) is 258 Å². The van der Waals surface area contributed by atoms with Crippen molar-refractivity contribution in [1.29, 1.82) is 0 Å². The average molecular weight is 1250 g/mol. The van der Waals surface area contributed by atoms with E-state index in [4.69, 9.17) is 0 Å². The van der Waals surface area contributed by atoms with Crippen LogP contribution in [0.2, 0.25) is 0 Å². The third kappa shape index (κ3) is 9.34. The molecule has 0 radical (unpaired) electrons. The van der Waals surface area contributed by atoms with Gasteiger partial charge >= 0.3 is 0 Å². The average Bonchev–Trinajstić information content (AvgIpc) is 1.55. The van der Waals surface area contributed by atoms with Crippen LogP contribution in [0.1, 0.15) is 49.9 Å². The van der Waals surface area contributed by atoms with Gasteiger partial charge < -0.3 is 0 Å². The van der Waals surface area contributed by atoms with Gasteiger partial charge in [-0.2, -0.15) is 0 Å². The summed E-state index contributed by atoms with van der Waals surface area (Å²) in [6.07, 6.45) is 0. The summed E-state index contributed by atoms with van der Waals surface area (Å²) < 4.78 is 0. The van der Waals surface area contributed by atoms with Gasteiger partial charge in [0.25, 0.3) is 0 Å². The molecule has 0 saturated carbocycles. The second-order valence-electron chi connectivity index (χ2n) is 28.3. The predicted molar refractivity (Wildman–Crippen MR) is 421 cm³/mol. The van der Waals surface area contributed by atoms with Crippen LogP contribution in [0.25, 0.3) is 175 Å². The zero-order valence-electron chi connectivity index (χ0n) is 55.3. The lowest BCUT2D eigenvalue weighted by atomic mass is 9.79. The maximum Gasteiger partial charge on any atom is 0.0165 e. The molecule has 0 saturated heterocycles. The van der Waals surface area contributed by atoms with Crippen LogP contribution in [-0.4, -0.2) is 0 Å². The van der Waals surface area contributed by atoms with Crippen LogP contribution in [-0.2, 0) is 10.8 Å². The summed E-state index contributed by atoms with van der Waals surface area (Å²) in [7, 11) is 0. The predicted octanol–water partition coefficient (Wildman–Crippen LogP) is 27.2. The molecule has 0 heterocycles. The number of hydrogen-bond donors (Lipinski definition) is 0. The molecule has 2 aliphatic rings. The Morgan fingerprint density at radius 3 is 1.06 bits per heavy atom. The Labute approximate surface area is 572 Å². The first-order valence-corrected chi connectivity index (χ1v) is 34.5. The monoisotopic (exact) mass is 1240 g/mol. The van der Waals surface area contributed by atoms with Gasteiger partial charge in [-0.15, -0.1) is 0 Å². The van der Waals surface area contributed by atoms with E-state index < -0.39 is 0 Å². The van der Waals surface area contributed by atoms with Crippen molar-refractivity contribution in [2.45, 2.75) is 38.5 Å². The molecule has 2 aliphatic carbocycles. The van der Waals surface area contributed by atoms with E-state index in [2.05, 4.69) is 367 Å². The molecule has 0 nitrogen and oxygen atoms in total. The normalized spacial score (nSPS) is 13.3. The number of benzene rings is 18. The number of hydrogen-bond acceptors (Lipinski definition) is 0. The molecule has 0 bridgehead atoms. The molecule has 0 amide bonds. The van der Waals surface area contributed by atoms with Gasteiger partial charge in [0.1, 0.15) is 0 Å². The van der Waals surface area contributed by atoms with Crippen LogP contribution in [0.5, 0.6) is 0 Å². The van der Waals surface area contributed by atoms with E-state index in [0.717, 1.165) is 0 Å². The third-order valence-corrected chi connectivity index (χ3v) is 22.0. The van der Waals surface area contributed by atoms with Gasteiger partial charge in [0.05, 0.1) is 0 Å². The summed E-state index contributed by atoms with van der Waals surface area (Å²) >= 11 is 0. The molecule has 0 fully saturated rings. The molecule has 18 aromatic carbocycles. The minimum Gasteiger partial charge on any atom is -0.0616 e. The van der Waals surface area contributed by atoms with Gasteiger partial charge in [-0.3, -0.25) is 0 Å². The van der Waals surface area contributed by atoms with E-state index in [1.807, 2.05) is 0 Å². The Morgan fingerprint density at radius 2 is 0.500 bits per heavy atom. The Hall–Kier alpha value is -12.0. The Balaban J connectivity index is 0.000000139. The molecule has 20 rings (SSSR count). The SMILES string of the molecule is CC1(C)c2cc(-c3cccc(-c4ccc5cc(-c6ccc7ccccc7c6)ccc5c4)c3)ccc2-c2ccc3ccccc3c21.CC1(C)c2ccc(-c3cccc(-c4ccc5cc(-c6cc7ccc8ccccc8c7c7ccccc67)ccc5c4)c3)cc2-c2ccc3ccccc3c21. The first kappa shape index (κ1) is 57.5. The second-order valence-corrected chi connectivity index (χ2v) is 28.3. The van der Waals surface area contributed by atoms with Gasteiger partial charge in [-0.25, -0.2) is 0 Å². The molecule has 0 heteroatoms. The smallest absolute Gasteiger partial charge is 0.0165 e. The summed E-state index contributed by atoms with van der Waals surface area (Å²) in [5.74, 6) is 0. The second kappa shape index (κ2) is 22.3.